The summed E-state index contributed by atoms with van der Waals surface area (Å²) in [6.45, 7) is 5.80. The monoisotopic (exact) mass is 594 g/mol. The minimum Gasteiger partial charge on any atom is -0.493 e. The number of aryl methyl sites for hydroxylation is 3. The molecular formula is C29H27BrN2O5S. The molecule has 1 fully saturated rings. The molecule has 1 aliphatic rings. The smallest absolute Gasteiger partial charge is 0.294 e. The highest BCUT2D eigenvalue weighted by Gasteiger charge is 2.36. The van der Waals surface area contributed by atoms with Crippen LogP contribution in [0.3, 0.4) is 0 Å². The number of amides is 3. The molecule has 0 aromatic heterocycles. The molecule has 1 aliphatic heterocycles. The second kappa shape index (κ2) is 11.9. The first-order chi connectivity index (χ1) is 18.1. The van der Waals surface area contributed by atoms with Crippen molar-refractivity contribution < 1.29 is 23.9 Å². The first-order valence-electron chi connectivity index (χ1n) is 11.8. The molecule has 3 aromatic carbocycles. The van der Waals surface area contributed by atoms with E-state index >= 15 is 0 Å². The van der Waals surface area contributed by atoms with Crippen LogP contribution in [0.2, 0.25) is 0 Å². The van der Waals surface area contributed by atoms with Crippen molar-refractivity contribution in [1.29, 1.82) is 0 Å². The molecule has 0 unspecified atom stereocenters. The van der Waals surface area contributed by atoms with Crippen LogP contribution in [0.5, 0.6) is 11.5 Å². The number of halogens is 1. The van der Waals surface area contributed by atoms with E-state index in [1.807, 2.05) is 57.2 Å². The predicted octanol–water partition coefficient (Wildman–Crippen LogP) is 6.64. The Kier molecular flexibility index (Phi) is 8.58. The molecule has 9 heteroatoms. The molecule has 0 bridgehead atoms. The van der Waals surface area contributed by atoms with Gasteiger partial charge in [0.25, 0.3) is 11.1 Å². The zero-order valence-corrected chi connectivity index (χ0v) is 23.9. The second-order valence-corrected chi connectivity index (χ2v) is 10.8. The molecule has 7 nitrogen and oxygen atoms in total. The SMILES string of the molecule is COc1cc(/C=C2\SC(=O)N(CC(=O)Nc3c(C)cc(C)cc3C)C2=O)ccc1OCc1ccc(Br)cc1. The molecule has 38 heavy (non-hydrogen) atoms. The van der Waals surface area contributed by atoms with Gasteiger partial charge in [0.15, 0.2) is 11.5 Å². The van der Waals surface area contributed by atoms with Crippen LogP contribution in [0.25, 0.3) is 6.08 Å². The molecule has 0 saturated carbocycles. The van der Waals surface area contributed by atoms with E-state index in [1.54, 1.807) is 24.3 Å². The third-order valence-electron chi connectivity index (χ3n) is 5.91. The van der Waals surface area contributed by atoms with Gasteiger partial charge in [-0.25, -0.2) is 0 Å². The maximum Gasteiger partial charge on any atom is 0.294 e. The van der Waals surface area contributed by atoms with E-state index in [0.29, 0.717) is 29.4 Å². The quantitative estimate of drug-likeness (QED) is 0.294. The van der Waals surface area contributed by atoms with Crippen molar-refractivity contribution in [3.8, 4) is 11.5 Å². The Balaban J connectivity index is 1.43. The number of carbonyl (C=O) groups excluding carboxylic acids is 3. The molecule has 196 valence electrons. The Labute approximate surface area is 234 Å². The average Bonchev–Trinajstić information content (AvgIpc) is 3.13. The second-order valence-electron chi connectivity index (χ2n) is 8.92. The number of thioether (sulfide) groups is 1. The molecule has 1 saturated heterocycles. The number of rotatable bonds is 8. The minimum atomic E-state index is -0.512. The van der Waals surface area contributed by atoms with Crippen molar-refractivity contribution in [2.24, 2.45) is 0 Å². The Morgan fingerprint density at radius 2 is 1.68 bits per heavy atom. The van der Waals surface area contributed by atoms with E-state index < -0.39 is 17.1 Å². The van der Waals surface area contributed by atoms with Crippen LogP contribution in [0.15, 0.2) is 64.0 Å². The topological polar surface area (TPSA) is 84.9 Å². The number of benzene rings is 3. The lowest BCUT2D eigenvalue weighted by Gasteiger charge is -2.16. The van der Waals surface area contributed by atoms with Gasteiger partial charge in [0.05, 0.1) is 12.0 Å². The van der Waals surface area contributed by atoms with Gasteiger partial charge in [-0.3, -0.25) is 19.3 Å². The van der Waals surface area contributed by atoms with Gasteiger partial charge in [0, 0.05) is 10.2 Å². The molecular weight excluding hydrogens is 568 g/mol. The Bertz CT molecular complexity index is 1410. The minimum absolute atomic E-state index is 0.232. The standard InChI is InChI=1S/C29H27BrN2O5S/c1-17-11-18(2)27(19(3)12-17)31-26(33)15-32-28(34)25(38-29(32)35)14-21-7-10-23(24(13-21)36-4)37-16-20-5-8-22(30)9-6-20/h5-14H,15-16H2,1-4H3,(H,31,33)/b25-14-. The van der Waals surface area contributed by atoms with Crippen LogP contribution in [-0.2, 0) is 16.2 Å². The van der Waals surface area contributed by atoms with E-state index in [1.165, 1.54) is 7.11 Å². The Morgan fingerprint density at radius 3 is 2.34 bits per heavy atom. The Hall–Kier alpha value is -3.56. The van der Waals surface area contributed by atoms with E-state index in [4.69, 9.17) is 9.47 Å². The largest absolute Gasteiger partial charge is 0.493 e. The van der Waals surface area contributed by atoms with Crippen LogP contribution in [0, 0.1) is 20.8 Å². The maximum absolute atomic E-state index is 13.0. The van der Waals surface area contributed by atoms with E-state index in [-0.39, 0.29) is 11.4 Å². The molecule has 1 heterocycles. The summed E-state index contributed by atoms with van der Waals surface area (Å²) in [4.78, 5) is 39.4. The number of hydrogen-bond acceptors (Lipinski definition) is 6. The first kappa shape index (κ1) is 27.5. The van der Waals surface area contributed by atoms with Gasteiger partial charge in [-0.05, 0) is 85.1 Å². The number of methoxy groups -OCH3 is 1. The lowest BCUT2D eigenvalue weighted by Crippen LogP contribution is -2.36. The Morgan fingerprint density at radius 1 is 1.00 bits per heavy atom. The number of nitrogens with one attached hydrogen (secondary N) is 1. The third kappa shape index (κ3) is 6.46. The van der Waals surface area contributed by atoms with Crippen LogP contribution >= 0.6 is 27.7 Å². The fourth-order valence-electron chi connectivity index (χ4n) is 4.12. The maximum atomic E-state index is 13.0. The highest BCUT2D eigenvalue weighted by atomic mass is 79.9. The molecule has 3 amide bonds. The fourth-order valence-corrected chi connectivity index (χ4v) is 5.22. The van der Waals surface area contributed by atoms with Crippen molar-refractivity contribution in [3.63, 3.8) is 0 Å². The van der Waals surface area contributed by atoms with Gasteiger partial charge in [0.2, 0.25) is 5.91 Å². The van der Waals surface area contributed by atoms with Gasteiger partial charge in [-0.2, -0.15) is 0 Å². The summed E-state index contributed by atoms with van der Waals surface area (Å²) >= 11 is 4.22. The fraction of sp³-hybridized carbons (Fsp3) is 0.207. The number of imide groups is 1. The molecule has 0 radical (unpaired) electrons. The van der Waals surface area contributed by atoms with Crippen molar-refractivity contribution >= 4 is 56.5 Å². The van der Waals surface area contributed by atoms with Crippen molar-refractivity contribution in [3.05, 3.63) is 91.8 Å². The van der Waals surface area contributed by atoms with Crippen LogP contribution in [0.1, 0.15) is 27.8 Å². The summed E-state index contributed by atoms with van der Waals surface area (Å²) in [7, 11) is 1.54. The summed E-state index contributed by atoms with van der Waals surface area (Å²) < 4.78 is 12.4. The van der Waals surface area contributed by atoms with Gasteiger partial charge in [-0.15, -0.1) is 0 Å². The van der Waals surface area contributed by atoms with Crippen molar-refractivity contribution in [2.75, 3.05) is 19.0 Å². The van der Waals surface area contributed by atoms with Gasteiger partial charge < -0.3 is 14.8 Å². The van der Waals surface area contributed by atoms with Crippen LogP contribution in [0.4, 0.5) is 10.5 Å². The number of anilines is 1. The molecule has 0 atom stereocenters. The lowest BCUT2D eigenvalue weighted by atomic mass is 10.1. The first-order valence-corrected chi connectivity index (χ1v) is 13.4. The molecule has 1 N–H and O–H groups in total. The van der Waals surface area contributed by atoms with E-state index in [0.717, 1.165) is 43.4 Å². The molecule has 3 aromatic rings. The summed E-state index contributed by atoms with van der Waals surface area (Å²) in [5, 5.41) is 2.35. The van der Waals surface area contributed by atoms with E-state index in [9.17, 15) is 14.4 Å². The zero-order chi connectivity index (χ0) is 27.4. The van der Waals surface area contributed by atoms with Gasteiger partial charge in [0.1, 0.15) is 13.2 Å². The number of hydrogen-bond donors (Lipinski definition) is 1. The third-order valence-corrected chi connectivity index (χ3v) is 7.35. The number of nitrogens with zero attached hydrogens (tertiary/aromatic N) is 1. The molecule has 0 aliphatic carbocycles. The normalized spacial score (nSPS) is 14.2. The van der Waals surface area contributed by atoms with Gasteiger partial charge in [-0.1, -0.05) is 51.8 Å². The zero-order valence-electron chi connectivity index (χ0n) is 21.5. The number of carbonyl (C=O) groups is 3. The predicted molar refractivity (Wildman–Crippen MR) is 153 cm³/mol. The van der Waals surface area contributed by atoms with Crippen molar-refractivity contribution in [2.45, 2.75) is 27.4 Å². The highest BCUT2D eigenvalue weighted by molar-refractivity contribution is 9.10. The summed E-state index contributed by atoms with van der Waals surface area (Å²) in [6.07, 6.45) is 1.61. The highest BCUT2D eigenvalue weighted by Crippen LogP contribution is 2.35. The molecule has 0 spiro atoms. The number of ether oxygens (including phenoxy) is 2. The molecule has 4 rings (SSSR count). The average molecular weight is 596 g/mol. The summed E-state index contributed by atoms with van der Waals surface area (Å²) in [6, 6.07) is 17.0. The van der Waals surface area contributed by atoms with Crippen molar-refractivity contribution in [1.82, 2.24) is 4.90 Å². The summed E-state index contributed by atoms with van der Waals surface area (Å²) in [5.41, 5.74) is 5.29. The van der Waals surface area contributed by atoms with Gasteiger partial charge >= 0.3 is 0 Å². The van der Waals surface area contributed by atoms with Crippen LogP contribution < -0.4 is 14.8 Å². The van der Waals surface area contributed by atoms with Crippen LogP contribution in [-0.4, -0.2) is 35.6 Å². The lowest BCUT2D eigenvalue weighted by molar-refractivity contribution is -0.127. The summed E-state index contributed by atoms with van der Waals surface area (Å²) in [5.74, 6) is 0.108. The van der Waals surface area contributed by atoms with E-state index in [2.05, 4.69) is 21.2 Å².